The molecule has 0 fully saturated rings. The summed E-state index contributed by atoms with van der Waals surface area (Å²) in [6.45, 7) is 3.78. The van der Waals surface area contributed by atoms with Crippen LogP contribution in [0.25, 0.3) is 11.3 Å². The Morgan fingerprint density at radius 3 is 2.42 bits per heavy atom. The first kappa shape index (κ1) is 25.2. The Bertz CT molecular complexity index is 1490. The minimum Gasteiger partial charge on any atom is -0.459 e. The van der Waals surface area contributed by atoms with Crippen molar-refractivity contribution in [2.75, 3.05) is 10.2 Å². The van der Waals surface area contributed by atoms with E-state index >= 15 is 0 Å². The lowest BCUT2D eigenvalue weighted by atomic mass is 9.74. The SMILES string of the molecule is CC1(C)CC(=O)C2=C(C1)Nc1ccccc1N(C(=O)C(F)(F)F)C2c1ccc(-c2ccc([N+](=O)[O-])cc2)o1. The molecule has 1 unspecified atom stereocenters. The third-order valence-corrected chi connectivity index (χ3v) is 6.62. The molecule has 2 heterocycles. The van der Waals surface area contributed by atoms with Crippen LogP contribution in [0.15, 0.2) is 76.4 Å². The molecule has 1 aliphatic carbocycles. The molecule has 2 aromatic carbocycles. The highest BCUT2D eigenvalue weighted by atomic mass is 19.4. The number of nitro groups is 1. The van der Waals surface area contributed by atoms with Crippen LogP contribution >= 0.6 is 0 Å². The van der Waals surface area contributed by atoms with Gasteiger partial charge < -0.3 is 9.73 Å². The summed E-state index contributed by atoms with van der Waals surface area (Å²) in [6, 6.07) is 12.9. The van der Waals surface area contributed by atoms with Crippen LogP contribution in [0.3, 0.4) is 0 Å². The predicted molar refractivity (Wildman–Crippen MR) is 132 cm³/mol. The van der Waals surface area contributed by atoms with Crippen LogP contribution in [0.1, 0.15) is 38.5 Å². The second kappa shape index (κ2) is 8.86. The number of anilines is 2. The number of hydrogen-bond acceptors (Lipinski definition) is 6. The van der Waals surface area contributed by atoms with Gasteiger partial charge in [-0.2, -0.15) is 13.2 Å². The van der Waals surface area contributed by atoms with Crippen molar-refractivity contribution < 1.29 is 32.1 Å². The molecule has 196 valence electrons. The van der Waals surface area contributed by atoms with E-state index in [1.807, 2.05) is 13.8 Å². The number of Topliss-reactive ketones (excluding diaryl/α,β-unsaturated/α-hetero) is 1. The molecule has 38 heavy (non-hydrogen) atoms. The Hall–Kier alpha value is -4.41. The molecule has 0 saturated heterocycles. The minimum atomic E-state index is -5.23. The molecule has 1 atom stereocenters. The summed E-state index contributed by atoms with van der Waals surface area (Å²) in [5.41, 5.74) is 0.504. The molecular weight excluding hydrogens is 503 g/mol. The van der Waals surface area contributed by atoms with Gasteiger partial charge in [0.2, 0.25) is 0 Å². The standard InChI is InChI=1S/C27H22F3N3O5/c1-26(2)13-18-23(20(34)14-26)24(22-12-11-21(38-22)15-7-9-16(10-8-15)33(36)37)32(25(35)27(28,29)30)19-6-4-3-5-17(19)31-18/h3-12,24,31H,13-14H2,1-2H3. The van der Waals surface area contributed by atoms with Gasteiger partial charge in [-0.15, -0.1) is 0 Å². The van der Waals surface area contributed by atoms with Gasteiger partial charge in [0.1, 0.15) is 17.6 Å². The first-order valence-corrected chi connectivity index (χ1v) is 11.7. The smallest absolute Gasteiger partial charge is 0.459 e. The molecule has 1 aromatic heterocycles. The van der Waals surface area contributed by atoms with Gasteiger partial charge in [-0.1, -0.05) is 26.0 Å². The van der Waals surface area contributed by atoms with Crippen molar-refractivity contribution in [1.82, 2.24) is 0 Å². The molecule has 1 aliphatic heterocycles. The van der Waals surface area contributed by atoms with Crippen LogP contribution in [0, 0.1) is 15.5 Å². The number of carbonyl (C=O) groups excluding carboxylic acids is 2. The largest absolute Gasteiger partial charge is 0.471 e. The molecule has 1 N–H and O–H groups in total. The fourth-order valence-electron chi connectivity index (χ4n) is 5.02. The van der Waals surface area contributed by atoms with Gasteiger partial charge in [-0.3, -0.25) is 24.6 Å². The first-order valence-electron chi connectivity index (χ1n) is 11.7. The molecule has 5 rings (SSSR count). The number of para-hydroxylation sites is 2. The zero-order valence-corrected chi connectivity index (χ0v) is 20.3. The van der Waals surface area contributed by atoms with E-state index in [2.05, 4.69) is 5.32 Å². The molecular formula is C27H22F3N3O5. The van der Waals surface area contributed by atoms with Gasteiger partial charge in [0.25, 0.3) is 5.69 Å². The summed E-state index contributed by atoms with van der Waals surface area (Å²) in [6.07, 6.45) is -4.80. The van der Waals surface area contributed by atoms with Crippen molar-refractivity contribution in [2.45, 2.75) is 38.9 Å². The third kappa shape index (κ3) is 4.44. The topological polar surface area (TPSA) is 106 Å². The summed E-state index contributed by atoms with van der Waals surface area (Å²) >= 11 is 0. The summed E-state index contributed by atoms with van der Waals surface area (Å²) in [7, 11) is 0. The van der Waals surface area contributed by atoms with Gasteiger partial charge in [-0.25, -0.2) is 0 Å². The number of nitrogens with one attached hydrogen (secondary N) is 1. The maximum absolute atomic E-state index is 14.0. The molecule has 8 nitrogen and oxygen atoms in total. The molecule has 0 bridgehead atoms. The normalized spacial score (nSPS) is 18.8. The summed E-state index contributed by atoms with van der Waals surface area (Å²) in [4.78, 5) is 37.4. The Morgan fingerprint density at radius 1 is 1.08 bits per heavy atom. The number of benzene rings is 2. The van der Waals surface area contributed by atoms with Crippen LogP contribution < -0.4 is 10.2 Å². The zero-order chi connectivity index (χ0) is 27.4. The average molecular weight is 525 g/mol. The highest BCUT2D eigenvalue weighted by Crippen LogP contribution is 2.49. The van der Waals surface area contributed by atoms with E-state index in [9.17, 15) is 32.9 Å². The Balaban J connectivity index is 1.71. The van der Waals surface area contributed by atoms with Crippen LogP contribution in [0.4, 0.5) is 30.2 Å². The number of carbonyl (C=O) groups is 2. The predicted octanol–water partition coefficient (Wildman–Crippen LogP) is 6.56. The van der Waals surface area contributed by atoms with Gasteiger partial charge in [0.05, 0.1) is 16.3 Å². The average Bonchev–Trinajstić information content (AvgIpc) is 3.27. The molecule has 0 saturated carbocycles. The monoisotopic (exact) mass is 525 g/mol. The Morgan fingerprint density at radius 2 is 1.76 bits per heavy atom. The summed E-state index contributed by atoms with van der Waals surface area (Å²) in [5, 5.41) is 14.1. The van der Waals surface area contributed by atoms with Crippen molar-refractivity contribution in [3.05, 3.63) is 87.8 Å². The molecule has 3 aromatic rings. The van der Waals surface area contributed by atoms with E-state index in [0.29, 0.717) is 22.6 Å². The summed E-state index contributed by atoms with van der Waals surface area (Å²) < 4.78 is 47.9. The number of ketones is 1. The number of allylic oxidation sites excluding steroid dienone is 1. The van der Waals surface area contributed by atoms with Gasteiger partial charge in [-0.05, 0) is 48.2 Å². The van der Waals surface area contributed by atoms with Crippen molar-refractivity contribution in [3.8, 4) is 11.3 Å². The van der Waals surface area contributed by atoms with Crippen LogP contribution in [-0.4, -0.2) is 22.8 Å². The number of fused-ring (bicyclic) bond motifs is 1. The van der Waals surface area contributed by atoms with Crippen molar-refractivity contribution >= 4 is 28.8 Å². The number of non-ortho nitro benzene ring substituents is 1. The van der Waals surface area contributed by atoms with E-state index < -0.39 is 34.2 Å². The van der Waals surface area contributed by atoms with Gasteiger partial charge in [0, 0.05) is 35.4 Å². The van der Waals surface area contributed by atoms with Crippen LogP contribution in [0.5, 0.6) is 0 Å². The number of rotatable bonds is 3. The molecule has 0 spiro atoms. The number of halogens is 3. The molecule has 1 amide bonds. The number of hydrogen-bond donors (Lipinski definition) is 1. The fraction of sp³-hybridized carbons (Fsp3) is 0.259. The lowest BCUT2D eigenvalue weighted by Crippen LogP contribution is -2.45. The minimum absolute atomic E-state index is 0.0303. The van der Waals surface area contributed by atoms with Crippen molar-refractivity contribution in [2.24, 2.45) is 5.41 Å². The number of alkyl halides is 3. The summed E-state index contributed by atoms with van der Waals surface area (Å²) in [5.74, 6) is -2.37. The van der Waals surface area contributed by atoms with E-state index in [1.54, 1.807) is 12.1 Å². The van der Waals surface area contributed by atoms with Gasteiger partial charge in [0.15, 0.2) is 5.78 Å². The lowest BCUT2D eigenvalue weighted by molar-refractivity contribution is -0.384. The van der Waals surface area contributed by atoms with Gasteiger partial charge >= 0.3 is 12.1 Å². The maximum Gasteiger partial charge on any atom is 0.471 e. The Labute approximate surface area is 214 Å². The number of amides is 1. The van der Waals surface area contributed by atoms with Crippen LogP contribution in [-0.2, 0) is 9.59 Å². The van der Waals surface area contributed by atoms with E-state index in [-0.39, 0.29) is 40.6 Å². The quantitative estimate of drug-likeness (QED) is 0.307. The number of nitrogens with zero attached hydrogens (tertiary/aromatic N) is 2. The van der Waals surface area contributed by atoms with E-state index in [0.717, 1.165) is 0 Å². The van der Waals surface area contributed by atoms with Crippen molar-refractivity contribution in [1.29, 1.82) is 0 Å². The molecule has 0 radical (unpaired) electrons. The third-order valence-electron chi connectivity index (χ3n) is 6.62. The van der Waals surface area contributed by atoms with E-state index in [4.69, 9.17) is 4.42 Å². The fourth-order valence-corrected chi connectivity index (χ4v) is 5.02. The van der Waals surface area contributed by atoms with Crippen molar-refractivity contribution in [3.63, 3.8) is 0 Å². The van der Waals surface area contributed by atoms with E-state index in [1.165, 1.54) is 48.5 Å². The Kier molecular flexibility index (Phi) is 5.89. The number of nitro benzene ring substituents is 1. The highest BCUT2D eigenvalue weighted by molar-refractivity contribution is 6.07. The van der Waals surface area contributed by atoms with Crippen LogP contribution in [0.2, 0.25) is 0 Å². The first-order chi connectivity index (χ1) is 17.9. The molecule has 2 aliphatic rings. The lowest BCUT2D eigenvalue weighted by Gasteiger charge is -2.36. The second-order valence-corrected chi connectivity index (χ2v) is 10.1. The maximum atomic E-state index is 14.0. The highest BCUT2D eigenvalue weighted by Gasteiger charge is 2.51. The zero-order valence-electron chi connectivity index (χ0n) is 20.3. The second-order valence-electron chi connectivity index (χ2n) is 10.1. The molecule has 11 heteroatoms. The number of furan rings is 1.